The number of benzene rings is 2. The van der Waals surface area contributed by atoms with Gasteiger partial charge in [-0.15, -0.1) is 0 Å². The largest absolute Gasteiger partial charge is 0.497 e. The van der Waals surface area contributed by atoms with Gasteiger partial charge in [-0.1, -0.05) is 37.9 Å². The van der Waals surface area contributed by atoms with Gasteiger partial charge >= 0.3 is 0 Å². The van der Waals surface area contributed by atoms with Crippen molar-refractivity contribution in [3.05, 3.63) is 56.5 Å². The molecule has 5 heteroatoms. The van der Waals surface area contributed by atoms with E-state index in [4.69, 9.17) is 15.2 Å². The van der Waals surface area contributed by atoms with Crippen molar-refractivity contribution in [2.75, 3.05) is 14.2 Å². The first-order chi connectivity index (χ1) is 9.56. The van der Waals surface area contributed by atoms with E-state index >= 15 is 0 Å². The highest BCUT2D eigenvalue weighted by atomic mass is 79.9. The van der Waals surface area contributed by atoms with Crippen molar-refractivity contribution in [2.24, 2.45) is 5.73 Å². The zero-order valence-electron chi connectivity index (χ0n) is 11.2. The zero-order valence-corrected chi connectivity index (χ0v) is 14.4. The van der Waals surface area contributed by atoms with E-state index in [1.54, 1.807) is 14.2 Å². The van der Waals surface area contributed by atoms with E-state index in [9.17, 15) is 0 Å². The number of hydrogen-bond acceptors (Lipinski definition) is 3. The van der Waals surface area contributed by atoms with Crippen LogP contribution in [0.2, 0.25) is 0 Å². The molecule has 0 aliphatic carbocycles. The summed E-state index contributed by atoms with van der Waals surface area (Å²) in [6.07, 6.45) is 0. The molecule has 2 aromatic carbocycles. The summed E-state index contributed by atoms with van der Waals surface area (Å²) < 4.78 is 12.6. The molecule has 2 N–H and O–H groups in total. The molecule has 0 fully saturated rings. The summed E-state index contributed by atoms with van der Waals surface area (Å²) in [7, 11) is 3.25. The molecule has 0 saturated heterocycles. The SMILES string of the molecule is COc1ccc(C(N)c2ccc(Br)cc2Br)c(OC)c1. The first-order valence-electron chi connectivity index (χ1n) is 5.99. The van der Waals surface area contributed by atoms with Crippen molar-refractivity contribution in [1.82, 2.24) is 0 Å². The van der Waals surface area contributed by atoms with Crippen LogP contribution < -0.4 is 15.2 Å². The maximum atomic E-state index is 6.37. The van der Waals surface area contributed by atoms with Crippen LogP contribution in [0.5, 0.6) is 11.5 Å². The van der Waals surface area contributed by atoms with Gasteiger partial charge in [-0.05, 0) is 29.8 Å². The van der Waals surface area contributed by atoms with Crippen LogP contribution >= 0.6 is 31.9 Å². The van der Waals surface area contributed by atoms with E-state index in [1.807, 2.05) is 36.4 Å². The summed E-state index contributed by atoms with van der Waals surface area (Å²) in [6.45, 7) is 0. The van der Waals surface area contributed by atoms with Crippen LogP contribution in [0.1, 0.15) is 17.2 Å². The average molecular weight is 401 g/mol. The molecule has 3 nitrogen and oxygen atoms in total. The van der Waals surface area contributed by atoms with Crippen molar-refractivity contribution >= 4 is 31.9 Å². The number of ether oxygens (including phenoxy) is 2. The fourth-order valence-electron chi connectivity index (χ4n) is 2.00. The minimum Gasteiger partial charge on any atom is -0.497 e. The van der Waals surface area contributed by atoms with Gasteiger partial charge in [0.25, 0.3) is 0 Å². The summed E-state index contributed by atoms with van der Waals surface area (Å²) in [5.41, 5.74) is 8.28. The fraction of sp³-hybridized carbons (Fsp3) is 0.200. The van der Waals surface area contributed by atoms with Gasteiger partial charge in [0.15, 0.2) is 0 Å². The van der Waals surface area contributed by atoms with E-state index in [2.05, 4.69) is 31.9 Å². The monoisotopic (exact) mass is 399 g/mol. The molecule has 0 radical (unpaired) electrons. The summed E-state index contributed by atoms with van der Waals surface area (Å²) in [5.74, 6) is 1.46. The molecule has 0 saturated carbocycles. The van der Waals surface area contributed by atoms with Crippen molar-refractivity contribution < 1.29 is 9.47 Å². The number of nitrogens with two attached hydrogens (primary N) is 1. The maximum Gasteiger partial charge on any atom is 0.127 e. The molecule has 0 aromatic heterocycles. The van der Waals surface area contributed by atoms with Crippen molar-refractivity contribution in [3.63, 3.8) is 0 Å². The van der Waals surface area contributed by atoms with Crippen LogP contribution in [-0.4, -0.2) is 14.2 Å². The molecule has 106 valence electrons. The Kier molecular flexibility index (Phi) is 5.07. The quantitative estimate of drug-likeness (QED) is 0.832. The van der Waals surface area contributed by atoms with Gasteiger partial charge in [0.2, 0.25) is 0 Å². The Bertz CT molecular complexity index is 617. The number of rotatable bonds is 4. The van der Waals surface area contributed by atoms with E-state index < -0.39 is 0 Å². The molecule has 1 unspecified atom stereocenters. The molecule has 0 spiro atoms. The topological polar surface area (TPSA) is 44.5 Å². The Labute approximate surface area is 135 Å². The molecule has 1 atom stereocenters. The number of hydrogen-bond donors (Lipinski definition) is 1. The van der Waals surface area contributed by atoms with Gasteiger partial charge in [-0.2, -0.15) is 0 Å². The third kappa shape index (κ3) is 3.16. The summed E-state index contributed by atoms with van der Waals surface area (Å²) in [6, 6.07) is 11.3. The van der Waals surface area contributed by atoms with Crippen LogP contribution in [0.15, 0.2) is 45.3 Å². The van der Waals surface area contributed by atoms with Gasteiger partial charge in [-0.3, -0.25) is 0 Å². The van der Waals surface area contributed by atoms with Crippen LogP contribution in [-0.2, 0) is 0 Å². The Balaban J connectivity index is 2.44. The van der Waals surface area contributed by atoms with Crippen molar-refractivity contribution in [2.45, 2.75) is 6.04 Å². The Morgan fingerprint density at radius 1 is 0.950 bits per heavy atom. The van der Waals surface area contributed by atoms with E-state index in [0.29, 0.717) is 5.75 Å². The van der Waals surface area contributed by atoms with Gasteiger partial charge in [-0.25, -0.2) is 0 Å². The standard InChI is InChI=1S/C15H15Br2NO2/c1-19-10-4-6-12(14(8-10)20-2)15(18)11-5-3-9(16)7-13(11)17/h3-8,15H,18H2,1-2H3. The van der Waals surface area contributed by atoms with E-state index in [-0.39, 0.29) is 6.04 Å². The van der Waals surface area contributed by atoms with Gasteiger partial charge < -0.3 is 15.2 Å². The van der Waals surface area contributed by atoms with Crippen molar-refractivity contribution in [1.29, 1.82) is 0 Å². The molecule has 2 rings (SSSR count). The highest BCUT2D eigenvalue weighted by Gasteiger charge is 2.17. The van der Waals surface area contributed by atoms with Crippen LogP contribution in [0.4, 0.5) is 0 Å². The smallest absolute Gasteiger partial charge is 0.127 e. The Morgan fingerprint density at radius 3 is 2.25 bits per heavy atom. The van der Waals surface area contributed by atoms with Gasteiger partial charge in [0.1, 0.15) is 11.5 Å². The molecule has 0 aliphatic rings. The third-order valence-corrected chi connectivity index (χ3v) is 4.25. The number of halogens is 2. The second-order valence-corrected chi connectivity index (χ2v) is 6.02. The highest BCUT2D eigenvalue weighted by Crippen LogP contribution is 2.35. The molecule has 0 amide bonds. The molecule has 20 heavy (non-hydrogen) atoms. The van der Waals surface area contributed by atoms with E-state index in [1.165, 1.54) is 0 Å². The summed E-state index contributed by atoms with van der Waals surface area (Å²) in [4.78, 5) is 0. The molecule has 0 bridgehead atoms. The van der Waals surface area contributed by atoms with Crippen LogP contribution in [0, 0.1) is 0 Å². The minimum atomic E-state index is -0.279. The predicted molar refractivity (Wildman–Crippen MR) is 87.4 cm³/mol. The lowest BCUT2D eigenvalue weighted by Gasteiger charge is -2.18. The second-order valence-electron chi connectivity index (χ2n) is 4.25. The van der Waals surface area contributed by atoms with Gasteiger partial charge in [0, 0.05) is 20.6 Å². The lowest BCUT2D eigenvalue weighted by atomic mass is 9.98. The predicted octanol–water partition coefficient (Wildman–Crippen LogP) is 4.28. The molecule has 0 aliphatic heterocycles. The first kappa shape index (κ1) is 15.4. The van der Waals surface area contributed by atoms with Crippen LogP contribution in [0.25, 0.3) is 0 Å². The van der Waals surface area contributed by atoms with Gasteiger partial charge in [0.05, 0.1) is 20.3 Å². The summed E-state index contributed by atoms with van der Waals surface area (Å²) >= 11 is 6.98. The molecule has 0 heterocycles. The lowest BCUT2D eigenvalue weighted by Crippen LogP contribution is -2.13. The third-order valence-electron chi connectivity index (χ3n) is 3.07. The second kappa shape index (κ2) is 6.61. The Morgan fingerprint density at radius 2 is 1.65 bits per heavy atom. The zero-order chi connectivity index (χ0) is 14.7. The molecular formula is C15H15Br2NO2. The highest BCUT2D eigenvalue weighted by molar-refractivity contribution is 9.11. The summed E-state index contributed by atoms with van der Waals surface area (Å²) in [5, 5.41) is 0. The fourth-order valence-corrected chi connectivity index (χ4v) is 3.29. The normalized spacial score (nSPS) is 12.1. The van der Waals surface area contributed by atoms with E-state index in [0.717, 1.165) is 25.8 Å². The average Bonchev–Trinajstić information content (AvgIpc) is 2.46. The maximum absolute atomic E-state index is 6.37. The Hall–Kier alpha value is -1.04. The lowest BCUT2D eigenvalue weighted by molar-refractivity contribution is 0.390. The van der Waals surface area contributed by atoms with Crippen molar-refractivity contribution in [3.8, 4) is 11.5 Å². The number of methoxy groups -OCH3 is 2. The molecular weight excluding hydrogens is 386 g/mol. The molecule has 2 aromatic rings. The van der Waals surface area contributed by atoms with Crippen LogP contribution in [0.3, 0.4) is 0 Å². The first-order valence-corrected chi connectivity index (χ1v) is 7.58. The minimum absolute atomic E-state index is 0.279.